The predicted molar refractivity (Wildman–Crippen MR) is 76.2 cm³/mol. The van der Waals surface area contributed by atoms with Crippen LogP contribution in [0.3, 0.4) is 0 Å². The summed E-state index contributed by atoms with van der Waals surface area (Å²) in [6.07, 6.45) is 7.57. The van der Waals surface area contributed by atoms with Gasteiger partial charge < -0.3 is 9.88 Å². The quantitative estimate of drug-likeness (QED) is 0.889. The minimum absolute atomic E-state index is 0.128. The number of aromatic nitrogens is 3. The van der Waals surface area contributed by atoms with Crippen LogP contribution in [0.2, 0.25) is 0 Å². The Balaban J connectivity index is 1.89. The highest BCUT2D eigenvalue weighted by Gasteiger charge is 2.37. The smallest absolute Gasteiger partial charge is 0.139 e. The Bertz CT molecular complexity index is 429. The number of nitrogens with zero attached hydrogens (tertiary/aromatic N) is 3. The molecule has 1 atom stereocenters. The zero-order valence-corrected chi connectivity index (χ0v) is 12.3. The number of hydrogen-bond acceptors (Lipinski definition) is 3. The van der Waals surface area contributed by atoms with Crippen molar-refractivity contribution in [3.8, 4) is 0 Å². The van der Waals surface area contributed by atoms with Gasteiger partial charge in [0.15, 0.2) is 0 Å². The fourth-order valence-electron chi connectivity index (χ4n) is 3.61. The first-order valence-electron chi connectivity index (χ1n) is 7.83. The standard InChI is InChI=1S/C15H26N4/c1-15(2,12-7-6-9-16-11-12)14-18-17-13-8-4-3-5-10-19(13)14/h12,16H,3-11H2,1-2H3. The normalized spacial score (nSPS) is 24.8. The third kappa shape index (κ3) is 2.42. The summed E-state index contributed by atoms with van der Waals surface area (Å²) in [6, 6.07) is 0. The topological polar surface area (TPSA) is 42.7 Å². The van der Waals surface area contributed by atoms with Gasteiger partial charge in [-0.05, 0) is 44.7 Å². The van der Waals surface area contributed by atoms with Crippen molar-refractivity contribution in [2.45, 2.75) is 64.3 Å². The van der Waals surface area contributed by atoms with E-state index in [1.807, 2.05) is 0 Å². The van der Waals surface area contributed by atoms with Gasteiger partial charge in [0.1, 0.15) is 11.6 Å². The molecule has 2 aliphatic heterocycles. The van der Waals surface area contributed by atoms with E-state index in [-0.39, 0.29) is 5.41 Å². The van der Waals surface area contributed by atoms with Gasteiger partial charge in [-0.1, -0.05) is 20.3 Å². The van der Waals surface area contributed by atoms with Crippen LogP contribution in [0.5, 0.6) is 0 Å². The summed E-state index contributed by atoms with van der Waals surface area (Å²) in [6.45, 7) is 8.11. The monoisotopic (exact) mass is 262 g/mol. The van der Waals surface area contributed by atoms with Crippen LogP contribution in [0.1, 0.15) is 57.6 Å². The fraction of sp³-hybridized carbons (Fsp3) is 0.867. The third-order valence-corrected chi connectivity index (χ3v) is 5.00. The second kappa shape index (κ2) is 5.23. The van der Waals surface area contributed by atoms with Crippen LogP contribution in [0.4, 0.5) is 0 Å². The van der Waals surface area contributed by atoms with Crippen LogP contribution in [-0.2, 0) is 18.4 Å². The molecule has 1 fully saturated rings. The first-order valence-corrected chi connectivity index (χ1v) is 7.83. The van der Waals surface area contributed by atoms with E-state index in [2.05, 4.69) is 33.9 Å². The molecule has 106 valence electrons. The molecule has 0 aromatic carbocycles. The molecule has 1 aromatic heterocycles. The van der Waals surface area contributed by atoms with Crippen molar-refractivity contribution in [3.05, 3.63) is 11.6 Å². The van der Waals surface area contributed by atoms with Crippen molar-refractivity contribution in [1.82, 2.24) is 20.1 Å². The summed E-state index contributed by atoms with van der Waals surface area (Å²) in [5.41, 5.74) is 0.128. The third-order valence-electron chi connectivity index (χ3n) is 5.00. The number of fused-ring (bicyclic) bond motifs is 1. The highest BCUT2D eigenvalue weighted by atomic mass is 15.3. The lowest BCUT2D eigenvalue weighted by Gasteiger charge is -2.36. The zero-order valence-electron chi connectivity index (χ0n) is 12.3. The summed E-state index contributed by atoms with van der Waals surface area (Å²) in [5.74, 6) is 3.11. The van der Waals surface area contributed by atoms with Crippen LogP contribution >= 0.6 is 0 Å². The summed E-state index contributed by atoms with van der Waals surface area (Å²) in [7, 11) is 0. The summed E-state index contributed by atoms with van der Waals surface area (Å²) < 4.78 is 2.42. The van der Waals surface area contributed by atoms with Crippen molar-refractivity contribution in [2.24, 2.45) is 5.92 Å². The molecule has 1 N–H and O–H groups in total. The highest BCUT2D eigenvalue weighted by Crippen LogP contribution is 2.35. The SMILES string of the molecule is CC(C)(c1nnc2n1CCCCC2)C1CCCNC1. The van der Waals surface area contributed by atoms with Gasteiger partial charge in [-0.2, -0.15) is 0 Å². The van der Waals surface area contributed by atoms with E-state index in [0.29, 0.717) is 5.92 Å². The molecular formula is C15H26N4. The summed E-state index contributed by atoms with van der Waals surface area (Å²) in [4.78, 5) is 0. The van der Waals surface area contributed by atoms with Crippen LogP contribution < -0.4 is 5.32 Å². The largest absolute Gasteiger partial charge is 0.316 e. The molecule has 0 radical (unpaired) electrons. The lowest BCUT2D eigenvalue weighted by Crippen LogP contribution is -2.42. The van der Waals surface area contributed by atoms with Crippen molar-refractivity contribution in [2.75, 3.05) is 13.1 Å². The Hall–Kier alpha value is -0.900. The first kappa shape index (κ1) is 13.1. The molecule has 0 amide bonds. The van der Waals surface area contributed by atoms with Gasteiger partial charge in [-0.15, -0.1) is 10.2 Å². The molecule has 1 unspecified atom stereocenters. The summed E-state index contributed by atoms with van der Waals surface area (Å²) >= 11 is 0. The van der Waals surface area contributed by atoms with Crippen molar-refractivity contribution in [1.29, 1.82) is 0 Å². The Morgan fingerprint density at radius 2 is 2.05 bits per heavy atom. The number of hydrogen-bond donors (Lipinski definition) is 1. The Morgan fingerprint density at radius 1 is 1.16 bits per heavy atom. The Labute approximate surface area is 116 Å². The van der Waals surface area contributed by atoms with E-state index < -0.39 is 0 Å². The van der Waals surface area contributed by atoms with Crippen LogP contribution in [-0.4, -0.2) is 27.9 Å². The number of nitrogens with one attached hydrogen (secondary N) is 1. The van der Waals surface area contributed by atoms with E-state index in [1.165, 1.54) is 50.3 Å². The van der Waals surface area contributed by atoms with E-state index in [4.69, 9.17) is 0 Å². The molecule has 2 aliphatic rings. The zero-order chi connectivity index (χ0) is 13.3. The second-order valence-corrected chi connectivity index (χ2v) is 6.67. The van der Waals surface area contributed by atoms with Gasteiger partial charge in [0, 0.05) is 18.4 Å². The lowest BCUT2D eigenvalue weighted by atomic mass is 9.74. The molecule has 0 aliphatic carbocycles. The van der Waals surface area contributed by atoms with Gasteiger partial charge in [0.2, 0.25) is 0 Å². The van der Waals surface area contributed by atoms with E-state index in [1.54, 1.807) is 0 Å². The van der Waals surface area contributed by atoms with Gasteiger partial charge in [0.05, 0.1) is 0 Å². The molecule has 1 aromatic rings. The van der Waals surface area contributed by atoms with Gasteiger partial charge in [-0.25, -0.2) is 0 Å². The van der Waals surface area contributed by atoms with E-state index >= 15 is 0 Å². The first-order chi connectivity index (χ1) is 9.19. The maximum absolute atomic E-state index is 4.57. The maximum Gasteiger partial charge on any atom is 0.139 e. The molecule has 0 bridgehead atoms. The number of rotatable bonds is 2. The molecule has 19 heavy (non-hydrogen) atoms. The molecule has 4 heteroatoms. The molecule has 0 spiro atoms. The molecule has 3 heterocycles. The van der Waals surface area contributed by atoms with Crippen molar-refractivity contribution < 1.29 is 0 Å². The van der Waals surface area contributed by atoms with Crippen LogP contribution in [0, 0.1) is 5.92 Å². The van der Waals surface area contributed by atoms with Crippen molar-refractivity contribution in [3.63, 3.8) is 0 Å². The van der Waals surface area contributed by atoms with Gasteiger partial charge in [-0.3, -0.25) is 0 Å². The maximum atomic E-state index is 4.57. The number of piperidine rings is 1. The highest BCUT2D eigenvalue weighted by molar-refractivity contribution is 5.11. The van der Waals surface area contributed by atoms with Crippen LogP contribution in [0.25, 0.3) is 0 Å². The van der Waals surface area contributed by atoms with Crippen molar-refractivity contribution >= 4 is 0 Å². The summed E-state index contributed by atoms with van der Waals surface area (Å²) in [5, 5.41) is 12.6. The molecule has 3 rings (SSSR count). The molecular weight excluding hydrogens is 236 g/mol. The predicted octanol–water partition coefficient (Wildman–Crippen LogP) is 2.28. The van der Waals surface area contributed by atoms with E-state index in [9.17, 15) is 0 Å². The van der Waals surface area contributed by atoms with Gasteiger partial charge >= 0.3 is 0 Å². The Morgan fingerprint density at radius 3 is 2.84 bits per heavy atom. The average Bonchev–Trinajstić information content (AvgIpc) is 2.70. The Kier molecular flexibility index (Phi) is 3.61. The molecule has 1 saturated heterocycles. The molecule has 0 saturated carbocycles. The fourth-order valence-corrected chi connectivity index (χ4v) is 3.61. The average molecular weight is 262 g/mol. The van der Waals surface area contributed by atoms with E-state index in [0.717, 1.165) is 19.5 Å². The lowest BCUT2D eigenvalue weighted by molar-refractivity contribution is 0.234. The number of aryl methyl sites for hydroxylation is 1. The van der Waals surface area contributed by atoms with Crippen LogP contribution in [0.15, 0.2) is 0 Å². The minimum Gasteiger partial charge on any atom is -0.316 e. The van der Waals surface area contributed by atoms with Gasteiger partial charge in [0.25, 0.3) is 0 Å². The second-order valence-electron chi connectivity index (χ2n) is 6.67. The molecule has 4 nitrogen and oxygen atoms in total. The minimum atomic E-state index is 0.128.